The van der Waals surface area contributed by atoms with Crippen LogP contribution in [0.25, 0.3) is 55.6 Å². The predicted octanol–water partition coefficient (Wildman–Crippen LogP) is 8.32. The van der Waals surface area contributed by atoms with E-state index in [-0.39, 0.29) is 0 Å². The molecule has 4 heterocycles. The number of para-hydroxylation sites is 1. The van der Waals surface area contributed by atoms with Crippen LogP contribution in [0.3, 0.4) is 0 Å². The van der Waals surface area contributed by atoms with E-state index in [2.05, 4.69) is 143 Å². The minimum absolute atomic E-state index is 0.754. The zero-order valence-electron chi connectivity index (χ0n) is 26.9. The van der Waals surface area contributed by atoms with Gasteiger partial charge in [0.15, 0.2) is 0 Å². The van der Waals surface area contributed by atoms with Crippen LogP contribution in [0.4, 0.5) is 0 Å². The predicted molar refractivity (Wildman–Crippen MR) is 204 cm³/mol. The summed E-state index contributed by atoms with van der Waals surface area (Å²) < 4.78 is 14.9. The molecule has 0 aliphatic carbocycles. The monoisotopic (exact) mass is 703 g/mol. The number of nitrogens with zero attached hydrogens (tertiary/aromatic N) is 4. The molecule has 1 aliphatic heterocycles. The van der Waals surface area contributed by atoms with Gasteiger partial charge in [0.05, 0.1) is 0 Å². The van der Waals surface area contributed by atoms with Crippen molar-refractivity contribution in [3.63, 3.8) is 0 Å². The molecule has 10 rings (SSSR count). The van der Waals surface area contributed by atoms with E-state index >= 15 is 0 Å². The molecule has 1 radical (unpaired) electrons. The van der Waals surface area contributed by atoms with Gasteiger partial charge in [-0.1, -0.05) is 24.3 Å². The van der Waals surface area contributed by atoms with Gasteiger partial charge in [0.1, 0.15) is 0 Å². The molecule has 0 unspecified atom stereocenters. The van der Waals surface area contributed by atoms with Crippen molar-refractivity contribution < 1.29 is 4.74 Å². The van der Waals surface area contributed by atoms with Crippen molar-refractivity contribution in [1.29, 1.82) is 0 Å². The fourth-order valence-corrected chi connectivity index (χ4v) is 13.6. The normalized spacial score (nSPS) is 12.3. The first kappa shape index (κ1) is 28.8. The Hall–Kier alpha value is -6.18. The average Bonchev–Trinajstić information content (AvgIpc) is 3.84. The van der Waals surface area contributed by atoms with Crippen LogP contribution >= 0.6 is 0 Å². The molecule has 0 bridgehead atoms. The van der Waals surface area contributed by atoms with E-state index in [4.69, 9.17) is 9.84 Å². The summed E-state index contributed by atoms with van der Waals surface area (Å²) in [6.45, 7) is 0. The molecule has 0 N–H and O–H groups in total. The summed E-state index contributed by atoms with van der Waals surface area (Å²) in [5.74, 6) is 2.39. The van der Waals surface area contributed by atoms with Crippen LogP contribution in [-0.2, 0) is 0 Å². The Morgan fingerprint density at radius 2 is 1.24 bits per heavy atom. The standard InChI is InChI=1S/C44H29GeN4O/c1-2-13-30(14-3-1)34-17-4-7-20-39(34)45-40-21-8-5-18-35(40)38-29-48(47-44(38)45)31-15-12-16-32(27-31)50-33-24-25-37-36-19-6-9-22-41(36)49(42(37)28-33)43-23-10-11-26-46-43/h1-29H. The van der Waals surface area contributed by atoms with Crippen molar-refractivity contribution in [3.05, 3.63) is 176 Å². The maximum atomic E-state index is 6.56. The van der Waals surface area contributed by atoms with Gasteiger partial charge >= 0.3 is 241 Å². The topological polar surface area (TPSA) is 44.9 Å². The number of hydrogen-bond acceptors (Lipinski definition) is 3. The number of pyridine rings is 1. The summed E-state index contributed by atoms with van der Waals surface area (Å²) in [6.07, 6.45) is 4.04. The number of hydrogen-bond donors (Lipinski definition) is 0. The molecule has 0 saturated heterocycles. The molecule has 5 nitrogen and oxygen atoms in total. The van der Waals surface area contributed by atoms with Crippen molar-refractivity contribution in [2.75, 3.05) is 0 Å². The van der Waals surface area contributed by atoms with Crippen LogP contribution < -0.4 is 18.1 Å². The van der Waals surface area contributed by atoms with Gasteiger partial charge < -0.3 is 0 Å². The van der Waals surface area contributed by atoms with Gasteiger partial charge in [-0.15, -0.1) is 0 Å². The van der Waals surface area contributed by atoms with Gasteiger partial charge in [0, 0.05) is 6.20 Å². The molecule has 0 amide bonds. The molecule has 0 spiro atoms. The summed E-state index contributed by atoms with van der Waals surface area (Å²) in [5, 5.41) is 7.70. The van der Waals surface area contributed by atoms with Crippen LogP contribution in [0.15, 0.2) is 176 Å². The van der Waals surface area contributed by atoms with E-state index in [1.54, 1.807) is 0 Å². The Kier molecular flexibility index (Phi) is 6.77. The van der Waals surface area contributed by atoms with E-state index in [1.165, 1.54) is 41.0 Å². The Labute approximate surface area is 293 Å². The Balaban J connectivity index is 1.03. The SMILES string of the molecule is c1ccc(-c2cccc[c]2[Ge]2[c]3ccccc3-c3cn(-c4cccc(Oc5ccc6c7ccccc7n(-c7ccccn7)c6c5)c4)n[c]32)cc1. The summed E-state index contributed by atoms with van der Waals surface area (Å²) in [4.78, 5) is 4.68. The van der Waals surface area contributed by atoms with Crippen LogP contribution in [0.5, 0.6) is 11.5 Å². The number of rotatable bonds is 6. The second-order valence-corrected chi connectivity index (χ2v) is 17.3. The Morgan fingerprint density at radius 3 is 2.10 bits per heavy atom. The van der Waals surface area contributed by atoms with E-state index in [1.807, 2.05) is 47.3 Å². The molecule has 3 aromatic heterocycles. The third kappa shape index (κ3) is 4.70. The molecule has 0 atom stereocenters. The minimum atomic E-state index is -2.23. The van der Waals surface area contributed by atoms with Gasteiger partial charge in [0.25, 0.3) is 0 Å². The van der Waals surface area contributed by atoms with Gasteiger partial charge in [-0.05, 0) is 18.2 Å². The van der Waals surface area contributed by atoms with E-state index in [9.17, 15) is 0 Å². The van der Waals surface area contributed by atoms with Crippen LogP contribution in [0.1, 0.15) is 0 Å². The van der Waals surface area contributed by atoms with Gasteiger partial charge in [-0.25, -0.2) is 4.98 Å². The fraction of sp³-hybridized carbons (Fsp3) is 0. The average molecular weight is 702 g/mol. The molecule has 0 saturated carbocycles. The molecule has 50 heavy (non-hydrogen) atoms. The summed E-state index contributed by atoms with van der Waals surface area (Å²) in [6, 6.07) is 57.5. The van der Waals surface area contributed by atoms with Gasteiger partial charge in [0.2, 0.25) is 0 Å². The first-order valence-corrected chi connectivity index (χ1v) is 19.9. The molecule has 0 fully saturated rings. The molecule has 9 aromatic rings. The second-order valence-electron chi connectivity index (χ2n) is 12.5. The maximum absolute atomic E-state index is 6.56. The molecule has 6 aromatic carbocycles. The number of benzene rings is 6. The van der Waals surface area contributed by atoms with Gasteiger partial charge in [-0.3, -0.25) is 0 Å². The van der Waals surface area contributed by atoms with E-state index in [0.717, 1.165) is 39.4 Å². The first-order valence-electron chi connectivity index (χ1n) is 16.7. The Bertz CT molecular complexity index is 2700. The van der Waals surface area contributed by atoms with Crippen molar-refractivity contribution in [3.8, 4) is 45.3 Å². The van der Waals surface area contributed by atoms with Crippen molar-refractivity contribution in [2.45, 2.75) is 0 Å². The quantitative estimate of drug-likeness (QED) is 0.164. The second kappa shape index (κ2) is 11.8. The van der Waals surface area contributed by atoms with E-state index in [0.29, 0.717) is 0 Å². The van der Waals surface area contributed by atoms with Crippen LogP contribution in [0.2, 0.25) is 0 Å². The fourth-order valence-electron chi connectivity index (χ4n) is 7.37. The van der Waals surface area contributed by atoms with Crippen molar-refractivity contribution in [2.24, 2.45) is 0 Å². The zero-order valence-corrected chi connectivity index (χ0v) is 29.0. The number of fused-ring (bicyclic) bond motifs is 6. The molecule has 1 aliphatic rings. The van der Waals surface area contributed by atoms with E-state index < -0.39 is 14.3 Å². The van der Waals surface area contributed by atoms with Gasteiger partial charge in [-0.2, -0.15) is 0 Å². The Morgan fingerprint density at radius 1 is 0.520 bits per heavy atom. The molecule has 6 heteroatoms. The number of ether oxygens (including phenoxy) is 1. The van der Waals surface area contributed by atoms with Crippen LogP contribution in [0, 0.1) is 0 Å². The summed E-state index contributed by atoms with van der Waals surface area (Å²) >= 11 is -2.23. The van der Waals surface area contributed by atoms with Crippen LogP contribution in [-0.4, -0.2) is 33.7 Å². The third-order valence-electron chi connectivity index (χ3n) is 9.56. The molecular formula is C44H29GeN4O. The van der Waals surface area contributed by atoms with Crippen molar-refractivity contribution in [1.82, 2.24) is 19.3 Å². The first-order chi connectivity index (χ1) is 24.8. The number of aromatic nitrogens is 4. The van der Waals surface area contributed by atoms with Crippen molar-refractivity contribution >= 4 is 49.5 Å². The summed E-state index contributed by atoms with van der Waals surface area (Å²) in [5.41, 5.74) is 8.21. The summed E-state index contributed by atoms with van der Waals surface area (Å²) in [7, 11) is 0. The molecule has 235 valence electrons. The third-order valence-corrected chi connectivity index (χ3v) is 15.4. The zero-order chi connectivity index (χ0) is 33.0. The molecular weight excluding hydrogens is 673 g/mol.